The van der Waals surface area contributed by atoms with Crippen LogP contribution >= 0.6 is 11.6 Å². The van der Waals surface area contributed by atoms with Crippen LogP contribution in [0.2, 0.25) is 0 Å². The van der Waals surface area contributed by atoms with Crippen LogP contribution in [0.5, 0.6) is 0 Å². The van der Waals surface area contributed by atoms with Crippen LogP contribution in [0.1, 0.15) is 38.3 Å². The average Bonchev–Trinajstić information content (AvgIpc) is 2.80. The lowest BCUT2D eigenvalue weighted by Crippen LogP contribution is -2.31. The molecule has 0 amide bonds. The summed E-state index contributed by atoms with van der Waals surface area (Å²) in [5, 5.41) is 0. The predicted molar refractivity (Wildman–Crippen MR) is 117 cm³/mol. The molecule has 3 heteroatoms. The first kappa shape index (κ1) is 19.1. The number of alkyl halides is 1. The van der Waals surface area contributed by atoms with Gasteiger partial charge in [0.25, 0.3) is 0 Å². The van der Waals surface area contributed by atoms with Gasteiger partial charge in [0.2, 0.25) is 0 Å². The SMILES string of the molecule is O=C(c1ccccc1)c1ccccc1C1=CCC(Cl)(C(=O)c2ccccc2)C=C1. The van der Waals surface area contributed by atoms with Crippen LogP contribution in [0.25, 0.3) is 5.57 Å². The molecule has 2 nitrogen and oxygen atoms in total. The van der Waals surface area contributed by atoms with Crippen molar-refractivity contribution in [1.82, 2.24) is 0 Å². The van der Waals surface area contributed by atoms with Crippen molar-refractivity contribution in [3.8, 4) is 0 Å². The quantitative estimate of drug-likeness (QED) is 0.383. The van der Waals surface area contributed by atoms with Gasteiger partial charge in [-0.05, 0) is 17.6 Å². The van der Waals surface area contributed by atoms with Crippen molar-refractivity contribution in [2.45, 2.75) is 11.3 Å². The van der Waals surface area contributed by atoms with Gasteiger partial charge in [0.05, 0.1) is 0 Å². The summed E-state index contributed by atoms with van der Waals surface area (Å²) in [6.07, 6.45) is 5.88. The third-order valence-electron chi connectivity index (χ3n) is 5.08. The molecule has 0 radical (unpaired) electrons. The average molecular weight is 399 g/mol. The van der Waals surface area contributed by atoms with E-state index < -0.39 is 4.87 Å². The molecular weight excluding hydrogens is 380 g/mol. The van der Waals surface area contributed by atoms with Crippen LogP contribution < -0.4 is 0 Å². The molecule has 1 atom stereocenters. The maximum atomic E-state index is 13.0. The van der Waals surface area contributed by atoms with Gasteiger partial charge in [-0.1, -0.05) is 103 Å². The largest absolute Gasteiger partial charge is 0.292 e. The summed E-state index contributed by atoms with van der Waals surface area (Å²) in [7, 11) is 0. The Labute approximate surface area is 175 Å². The smallest absolute Gasteiger partial charge is 0.193 e. The third-order valence-corrected chi connectivity index (χ3v) is 5.53. The van der Waals surface area contributed by atoms with E-state index in [4.69, 9.17) is 11.6 Å². The summed E-state index contributed by atoms with van der Waals surface area (Å²) in [4.78, 5) is 24.7. The fourth-order valence-electron chi connectivity index (χ4n) is 3.49. The molecule has 142 valence electrons. The van der Waals surface area contributed by atoms with Crippen LogP contribution in [0, 0.1) is 0 Å². The molecule has 0 bridgehead atoms. The van der Waals surface area contributed by atoms with Gasteiger partial charge in [0.15, 0.2) is 11.6 Å². The molecule has 0 spiro atoms. The van der Waals surface area contributed by atoms with Gasteiger partial charge in [-0.3, -0.25) is 9.59 Å². The summed E-state index contributed by atoms with van der Waals surface area (Å²) in [6, 6.07) is 25.8. The molecule has 1 aliphatic rings. The second-order valence-electron chi connectivity index (χ2n) is 7.00. The lowest BCUT2D eigenvalue weighted by molar-refractivity contribution is 0.0959. The highest BCUT2D eigenvalue weighted by atomic mass is 35.5. The van der Waals surface area contributed by atoms with Gasteiger partial charge in [-0.2, -0.15) is 0 Å². The molecule has 0 heterocycles. The fourth-order valence-corrected chi connectivity index (χ4v) is 3.74. The molecule has 29 heavy (non-hydrogen) atoms. The number of Topliss-reactive ketones (excluding diaryl/α,β-unsaturated/α-hetero) is 1. The molecule has 3 aromatic carbocycles. The van der Waals surface area contributed by atoms with Crippen molar-refractivity contribution in [2.75, 3.05) is 0 Å². The van der Waals surface area contributed by atoms with Crippen molar-refractivity contribution in [1.29, 1.82) is 0 Å². The van der Waals surface area contributed by atoms with E-state index >= 15 is 0 Å². The summed E-state index contributed by atoms with van der Waals surface area (Å²) in [5.74, 6) is -0.154. The summed E-state index contributed by atoms with van der Waals surface area (Å²) >= 11 is 6.66. The second kappa shape index (κ2) is 8.02. The van der Waals surface area contributed by atoms with Gasteiger partial charge >= 0.3 is 0 Å². The molecule has 3 aromatic rings. The van der Waals surface area contributed by atoms with Gasteiger partial charge in [-0.15, -0.1) is 11.6 Å². The van der Waals surface area contributed by atoms with E-state index in [1.165, 1.54) is 0 Å². The number of benzene rings is 3. The Balaban J connectivity index is 1.63. The summed E-state index contributed by atoms with van der Waals surface area (Å²) in [6.45, 7) is 0. The molecule has 1 unspecified atom stereocenters. The van der Waals surface area contributed by atoms with E-state index in [1.54, 1.807) is 18.2 Å². The highest BCUT2D eigenvalue weighted by Crippen LogP contribution is 2.35. The summed E-state index contributed by atoms with van der Waals surface area (Å²) in [5.41, 5.74) is 3.59. The van der Waals surface area contributed by atoms with Crippen LogP contribution in [-0.4, -0.2) is 16.4 Å². The van der Waals surface area contributed by atoms with E-state index in [0.29, 0.717) is 23.1 Å². The second-order valence-corrected chi connectivity index (χ2v) is 7.67. The maximum Gasteiger partial charge on any atom is 0.193 e. The third kappa shape index (κ3) is 3.85. The van der Waals surface area contributed by atoms with E-state index in [2.05, 4.69) is 0 Å². The lowest BCUT2D eigenvalue weighted by Gasteiger charge is -2.25. The molecule has 0 N–H and O–H groups in total. The number of hydrogen-bond acceptors (Lipinski definition) is 2. The molecule has 0 saturated carbocycles. The van der Waals surface area contributed by atoms with Gasteiger partial charge in [-0.25, -0.2) is 0 Å². The van der Waals surface area contributed by atoms with Crippen molar-refractivity contribution >= 4 is 28.7 Å². The van der Waals surface area contributed by atoms with Crippen molar-refractivity contribution in [2.24, 2.45) is 0 Å². The molecule has 1 aliphatic carbocycles. The zero-order valence-corrected chi connectivity index (χ0v) is 16.5. The first-order valence-electron chi connectivity index (χ1n) is 9.46. The number of halogens is 1. The molecule has 0 fully saturated rings. The van der Waals surface area contributed by atoms with Gasteiger partial charge in [0, 0.05) is 16.7 Å². The topological polar surface area (TPSA) is 34.1 Å². The minimum absolute atomic E-state index is 0.0291. The zero-order valence-electron chi connectivity index (χ0n) is 15.7. The minimum atomic E-state index is -1.11. The van der Waals surface area contributed by atoms with Crippen LogP contribution in [0.15, 0.2) is 103 Å². The Kier molecular flexibility index (Phi) is 5.28. The van der Waals surface area contributed by atoms with Crippen molar-refractivity contribution in [3.05, 3.63) is 125 Å². The fraction of sp³-hybridized carbons (Fsp3) is 0.0769. The molecular formula is C26H19ClO2. The Morgan fingerprint density at radius 3 is 1.97 bits per heavy atom. The Hall–Kier alpha value is -3.23. The Morgan fingerprint density at radius 2 is 1.34 bits per heavy atom. The first-order chi connectivity index (χ1) is 14.1. The van der Waals surface area contributed by atoms with Gasteiger partial charge in [0.1, 0.15) is 4.87 Å². The predicted octanol–water partition coefficient (Wildman–Crippen LogP) is 6.12. The molecule has 0 aliphatic heterocycles. The van der Waals surface area contributed by atoms with Crippen LogP contribution in [0.4, 0.5) is 0 Å². The van der Waals surface area contributed by atoms with Crippen LogP contribution in [-0.2, 0) is 0 Å². The van der Waals surface area contributed by atoms with E-state index in [0.717, 1.165) is 11.1 Å². The zero-order chi connectivity index (χ0) is 20.3. The number of carbonyl (C=O) groups is 2. The molecule has 0 saturated heterocycles. The normalized spacial score (nSPS) is 18.2. The highest BCUT2D eigenvalue weighted by molar-refractivity contribution is 6.40. The van der Waals surface area contributed by atoms with Crippen molar-refractivity contribution in [3.63, 3.8) is 0 Å². The Bertz CT molecular complexity index is 1110. The number of carbonyl (C=O) groups excluding carboxylic acids is 2. The summed E-state index contributed by atoms with van der Waals surface area (Å²) < 4.78 is 0. The lowest BCUT2D eigenvalue weighted by atomic mass is 9.85. The minimum Gasteiger partial charge on any atom is -0.292 e. The number of rotatable bonds is 5. The Morgan fingerprint density at radius 1 is 0.759 bits per heavy atom. The number of hydrogen-bond donors (Lipinski definition) is 0. The molecule has 0 aromatic heterocycles. The van der Waals surface area contributed by atoms with E-state index in [9.17, 15) is 9.59 Å². The van der Waals surface area contributed by atoms with Crippen LogP contribution in [0.3, 0.4) is 0 Å². The van der Waals surface area contributed by atoms with Crippen molar-refractivity contribution < 1.29 is 9.59 Å². The van der Waals surface area contributed by atoms with E-state index in [-0.39, 0.29) is 11.6 Å². The highest BCUT2D eigenvalue weighted by Gasteiger charge is 2.35. The molecule has 4 rings (SSSR count). The monoisotopic (exact) mass is 398 g/mol. The maximum absolute atomic E-state index is 13.0. The van der Waals surface area contributed by atoms with E-state index in [1.807, 2.05) is 84.9 Å². The van der Waals surface area contributed by atoms with Gasteiger partial charge < -0.3 is 0 Å². The number of allylic oxidation sites excluding steroid dienone is 4. The first-order valence-corrected chi connectivity index (χ1v) is 9.84. The number of ketones is 2. The standard InChI is InChI=1S/C26H19ClO2/c27-26(25(29)21-11-5-2-6-12-21)17-15-19(16-18-26)22-13-7-8-14-23(22)24(28)20-9-3-1-4-10-20/h1-17H,18H2.